The van der Waals surface area contributed by atoms with Crippen LogP contribution in [0.3, 0.4) is 0 Å². The van der Waals surface area contributed by atoms with Crippen molar-refractivity contribution >= 4 is 23.0 Å². The lowest BCUT2D eigenvalue weighted by Crippen LogP contribution is -2.09. The maximum absolute atomic E-state index is 13.4. The van der Waals surface area contributed by atoms with Gasteiger partial charge in [0, 0.05) is 11.4 Å². The zero-order valence-corrected chi connectivity index (χ0v) is 10.8. The number of aryl methyl sites for hydroxylation is 1. The van der Waals surface area contributed by atoms with Crippen molar-refractivity contribution in [3.8, 4) is 0 Å². The van der Waals surface area contributed by atoms with Crippen LogP contribution < -0.4 is 5.73 Å². The number of carbonyl (C=O) groups excluding carboxylic acids is 1. The third kappa shape index (κ3) is 3.05. The highest BCUT2D eigenvalue weighted by molar-refractivity contribution is 7.09. The molecule has 0 aliphatic rings. The van der Waals surface area contributed by atoms with Gasteiger partial charge in [-0.25, -0.2) is 18.6 Å². The van der Waals surface area contributed by atoms with Crippen LogP contribution in [0.4, 0.5) is 14.5 Å². The van der Waals surface area contributed by atoms with Gasteiger partial charge in [0.2, 0.25) is 0 Å². The number of rotatable bonds is 3. The van der Waals surface area contributed by atoms with Gasteiger partial charge in [-0.2, -0.15) is 0 Å². The van der Waals surface area contributed by atoms with Gasteiger partial charge in [-0.1, -0.05) is 0 Å². The van der Waals surface area contributed by atoms with Gasteiger partial charge in [-0.3, -0.25) is 0 Å². The summed E-state index contributed by atoms with van der Waals surface area (Å²) in [5.74, 6) is -2.74. The number of hydrogen-bond donors (Lipinski definition) is 1. The van der Waals surface area contributed by atoms with E-state index >= 15 is 0 Å². The van der Waals surface area contributed by atoms with E-state index in [2.05, 4.69) is 4.98 Å². The number of halogens is 2. The molecular weight excluding hydrogens is 274 g/mol. The van der Waals surface area contributed by atoms with Crippen LogP contribution in [-0.4, -0.2) is 11.0 Å². The van der Waals surface area contributed by atoms with Crippen molar-refractivity contribution < 1.29 is 18.3 Å². The summed E-state index contributed by atoms with van der Waals surface area (Å²) >= 11 is 1.41. The second kappa shape index (κ2) is 5.31. The molecule has 0 atom stereocenters. The fourth-order valence-electron chi connectivity index (χ4n) is 1.41. The lowest BCUT2D eigenvalue weighted by atomic mass is 10.2. The van der Waals surface area contributed by atoms with Crippen LogP contribution in [0.5, 0.6) is 0 Å². The SMILES string of the molecule is Cc1nc(COC(=O)c2cc(F)c(N)cc2F)cs1. The molecule has 0 radical (unpaired) electrons. The smallest absolute Gasteiger partial charge is 0.341 e. The average Bonchev–Trinajstić information content (AvgIpc) is 2.77. The minimum absolute atomic E-state index is 0.0887. The molecule has 1 aromatic heterocycles. The van der Waals surface area contributed by atoms with Crippen LogP contribution in [0, 0.1) is 18.6 Å². The molecule has 1 aromatic carbocycles. The Labute approximate surface area is 111 Å². The molecule has 0 unspecified atom stereocenters. The zero-order valence-electron chi connectivity index (χ0n) is 9.94. The molecule has 1 heterocycles. The maximum Gasteiger partial charge on any atom is 0.341 e. The highest BCUT2D eigenvalue weighted by Crippen LogP contribution is 2.18. The number of hydrogen-bond acceptors (Lipinski definition) is 5. The maximum atomic E-state index is 13.4. The summed E-state index contributed by atoms with van der Waals surface area (Å²) in [6.07, 6.45) is 0. The van der Waals surface area contributed by atoms with E-state index < -0.39 is 23.2 Å². The molecular formula is C12H10F2N2O2S. The van der Waals surface area contributed by atoms with Gasteiger partial charge >= 0.3 is 5.97 Å². The summed E-state index contributed by atoms with van der Waals surface area (Å²) in [5.41, 5.74) is 4.90. The molecule has 0 amide bonds. The van der Waals surface area contributed by atoms with Crippen molar-refractivity contribution in [2.45, 2.75) is 13.5 Å². The van der Waals surface area contributed by atoms with E-state index in [4.69, 9.17) is 10.5 Å². The van der Waals surface area contributed by atoms with E-state index in [1.54, 1.807) is 5.38 Å². The lowest BCUT2D eigenvalue weighted by Gasteiger charge is -2.05. The number of thiazole rings is 1. The first-order valence-corrected chi connectivity index (χ1v) is 6.18. The van der Waals surface area contributed by atoms with Crippen molar-refractivity contribution in [1.29, 1.82) is 0 Å². The number of nitrogens with two attached hydrogens (primary N) is 1. The average molecular weight is 284 g/mol. The molecule has 0 aliphatic heterocycles. The number of esters is 1. The largest absolute Gasteiger partial charge is 0.455 e. The first-order chi connectivity index (χ1) is 8.97. The van der Waals surface area contributed by atoms with Gasteiger partial charge in [0.15, 0.2) is 0 Å². The number of carbonyl (C=O) groups is 1. The van der Waals surface area contributed by atoms with Crippen molar-refractivity contribution in [1.82, 2.24) is 4.98 Å². The molecule has 0 saturated carbocycles. The number of nitrogens with zero attached hydrogens (tertiary/aromatic N) is 1. The van der Waals surface area contributed by atoms with E-state index in [9.17, 15) is 13.6 Å². The first-order valence-electron chi connectivity index (χ1n) is 5.30. The monoisotopic (exact) mass is 284 g/mol. The van der Waals surface area contributed by atoms with Crippen LogP contribution in [-0.2, 0) is 11.3 Å². The van der Waals surface area contributed by atoms with Crippen LogP contribution in [0.1, 0.15) is 21.1 Å². The van der Waals surface area contributed by atoms with Crippen molar-refractivity contribution in [2.24, 2.45) is 0 Å². The van der Waals surface area contributed by atoms with E-state index in [-0.39, 0.29) is 12.3 Å². The highest BCUT2D eigenvalue weighted by Gasteiger charge is 2.16. The molecule has 7 heteroatoms. The Kier molecular flexibility index (Phi) is 3.75. The minimum Gasteiger partial charge on any atom is -0.455 e. The predicted molar refractivity (Wildman–Crippen MR) is 66.7 cm³/mol. The van der Waals surface area contributed by atoms with Crippen LogP contribution >= 0.6 is 11.3 Å². The Morgan fingerprint density at radius 1 is 1.42 bits per heavy atom. The highest BCUT2D eigenvalue weighted by atomic mass is 32.1. The standard InChI is InChI=1S/C12H10F2N2O2S/c1-6-16-7(5-19-6)4-18-12(17)8-2-10(14)11(15)3-9(8)13/h2-3,5H,4,15H2,1H3. The quantitative estimate of drug-likeness (QED) is 0.695. The van der Waals surface area contributed by atoms with Crippen LogP contribution in [0.15, 0.2) is 17.5 Å². The summed E-state index contributed by atoms with van der Waals surface area (Å²) in [6.45, 7) is 1.72. The summed E-state index contributed by atoms with van der Waals surface area (Å²) in [4.78, 5) is 15.7. The molecule has 0 spiro atoms. The Hall–Kier alpha value is -2.02. The summed E-state index contributed by atoms with van der Waals surface area (Å²) in [5, 5.41) is 2.55. The van der Waals surface area contributed by atoms with Crippen LogP contribution in [0.25, 0.3) is 0 Å². The first kappa shape index (κ1) is 13.4. The van der Waals surface area contributed by atoms with Crippen LogP contribution in [0.2, 0.25) is 0 Å². The molecule has 4 nitrogen and oxygen atoms in total. The summed E-state index contributed by atoms with van der Waals surface area (Å²) in [7, 11) is 0. The molecule has 0 bridgehead atoms. The van der Waals surface area contributed by atoms with Gasteiger partial charge in [0.25, 0.3) is 0 Å². The molecule has 0 saturated heterocycles. The van der Waals surface area contributed by atoms with Crippen molar-refractivity contribution in [2.75, 3.05) is 5.73 Å². The molecule has 2 rings (SSSR count). The van der Waals surface area contributed by atoms with Gasteiger partial charge in [0.05, 0.1) is 22.0 Å². The number of aromatic nitrogens is 1. The molecule has 2 N–H and O–H groups in total. The Bertz CT molecular complexity index is 628. The second-order valence-electron chi connectivity index (χ2n) is 3.79. The van der Waals surface area contributed by atoms with E-state index in [0.29, 0.717) is 5.69 Å². The van der Waals surface area contributed by atoms with Gasteiger partial charge in [0.1, 0.15) is 18.2 Å². The third-order valence-corrected chi connectivity index (χ3v) is 3.15. The molecule has 19 heavy (non-hydrogen) atoms. The topological polar surface area (TPSA) is 65.2 Å². The molecule has 2 aromatic rings. The zero-order chi connectivity index (χ0) is 14.0. The molecule has 0 fully saturated rings. The van der Waals surface area contributed by atoms with Gasteiger partial charge in [-0.05, 0) is 13.0 Å². The number of benzene rings is 1. The summed E-state index contributed by atoms with van der Waals surface area (Å²) in [6, 6.07) is 1.47. The second-order valence-corrected chi connectivity index (χ2v) is 4.85. The van der Waals surface area contributed by atoms with E-state index in [0.717, 1.165) is 17.1 Å². The van der Waals surface area contributed by atoms with E-state index in [1.165, 1.54) is 11.3 Å². The predicted octanol–water partition coefficient (Wildman–Crippen LogP) is 2.67. The van der Waals surface area contributed by atoms with Gasteiger partial charge in [-0.15, -0.1) is 11.3 Å². The van der Waals surface area contributed by atoms with Crippen molar-refractivity contribution in [3.63, 3.8) is 0 Å². The Morgan fingerprint density at radius 3 is 2.79 bits per heavy atom. The minimum atomic E-state index is -0.956. The molecule has 0 aliphatic carbocycles. The molecule has 100 valence electrons. The fourth-order valence-corrected chi connectivity index (χ4v) is 2.01. The Balaban J connectivity index is 2.10. The fraction of sp³-hybridized carbons (Fsp3) is 0.167. The summed E-state index contributed by atoms with van der Waals surface area (Å²) < 4.78 is 31.5. The third-order valence-electron chi connectivity index (χ3n) is 2.32. The van der Waals surface area contributed by atoms with Gasteiger partial charge < -0.3 is 10.5 Å². The lowest BCUT2D eigenvalue weighted by molar-refractivity contribution is 0.0462. The van der Waals surface area contributed by atoms with Crippen molar-refractivity contribution in [3.05, 3.63) is 45.4 Å². The number of anilines is 1. The number of nitrogen functional groups attached to an aromatic ring is 1. The van der Waals surface area contributed by atoms with E-state index in [1.807, 2.05) is 6.92 Å². The Morgan fingerprint density at radius 2 is 2.16 bits per heavy atom. The normalized spacial score (nSPS) is 10.5. The number of ether oxygens (including phenoxy) is 1.